The Kier molecular flexibility index (Phi) is 6.40. The average Bonchev–Trinajstić information content (AvgIpc) is 3.61. The third-order valence-electron chi connectivity index (χ3n) is 6.29. The lowest BCUT2D eigenvalue weighted by atomic mass is 10.1. The van der Waals surface area contributed by atoms with Crippen molar-refractivity contribution in [1.82, 2.24) is 14.5 Å². The molecule has 0 spiro atoms. The molecule has 2 heterocycles. The van der Waals surface area contributed by atoms with Crippen molar-refractivity contribution in [2.75, 3.05) is 5.32 Å². The summed E-state index contributed by atoms with van der Waals surface area (Å²) in [4.78, 5) is 25.5. The highest BCUT2D eigenvalue weighted by molar-refractivity contribution is 5.95. The van der Waals surface area contributed by atoms with Crippen LogP contribution < -0.4 is 11.1 Å². The third kappa shape index (κ3) is 5.19. The van der Waals surface area contributed by atoms with Gasteiger partial charge in [0.2, 0.25) is 0 Å². The number of hydrogen-bond donors (Lipinski definition) is 4. The fourth-order valence-electron chi connectivity index (χ4n) is 4.11. The summed E-state index contributed by atoms with van der Waals surface area (Å²) < 4.78 is 2.06. The molecular weight excluding hydrogens is 470 g/mol. The molecule has 0 radical (unpaired) electrons. The Morgan fingerprint density at radius 2 is 2.14 bits per heavy atom. The number of aliphatic carboxylic acids is 1. The number of carboxylic acid groups (broad SMARTS) is 1. The number of aryl methyl sites for hydroxylation is 1. The fourth-order valence-corrected chi connectivity index (χ4v) is 4.11. The summed E-state index contributed by atoms with van der Waals surface area (Å²) in [5, 5.41) is 24.1. The highest BCUT2D eigenvalue weighted by atomic mass is 16.6. The van der Waals surface area contributed by atoms with Crippen molar-refractivity contribution in [1.29, 1.82) is 5.41 Å². The van der Waals surface area contributed by atoms with Crippen molar-refractivity contribution >= 4 is 34.4 Å². The first-order valence-corrected chi connectivity index (χ1v) is 11.6. The molecule has 1 fully saturated rings. The summed E-state index contributed by atoms with van der Waals surface area (Å²) in [6.45, 7) is 0.542. The van der Waals surface area contributed by atoms with E-state index in [2.05, 4.69) is 44.1 Å². The zero-order valence-electron chi connectivity index (χ0n) is 20.0. The molecular formula is C27H25N7O3. The Labute approximate surface area is 212 Å². The number of imidazole rings is 1. The molecule has 1 saturated carbocycles. The zero-order chi connectivity index (χ0) is 25.9. The molecule has 1 aliphatic rings. The average molecular weight is 496 g/mol. The van der Waals surface area contributed by atoms with Gasteiger partial charge in [-0.15, -0.1) is 0 Å². The minimum absolute atomic E-state index is 0.0411. The quantitative estimate of drug-likeness (QED) is 0.157. The molecule has 2 aromatic carbocycles. The number of allylic oxidation sites excluding steroid dienone is 1. The Hall–Kier alpha value is -4.95. The summed E-state index contributed by atoms with van der Waals surface area (Å²) in [7, 11) is 1.98. The third-order valence-corrected chi connectivity index (χ3v) is 6.29. The number of nitrogens with two attached hydrogens (primary N) is 1. The van der Waals surface area contributed by atoms with Crippen molar-refractivity contribution < 1.29 is 14.7 Å². The number of rotatable bonds is 9. The maximum Gasteiger partial charge on any atom is 0.352 e. The van der Waals surface area contributed by atoms with Gasteiger partial charge in [-0.2, -0.15) is 0 Å². The molecule has 0 saturated heterocycles. The summed E-state index contributed by atoms with van der Waals surface area (Å²) in [6.07, 6.45) is 2.55. The highest BCUT2D eigenvalue weighted by Gasteiger charge is 2.32. The lowest BCUT2D eigenvalue weighted by Gasteiger charge is -2.08. The van der Waals surface area contributed by atoms with Gasteiger partial charge in [0.25, 0.3) is 6.10 Å². The number of pyridine rings is 1. The Balaban J connectivity index is 1.26. The predicted molar refractivity (Wildman–Crippen MR) is 140 cm³/mol. The van der Waals surface area contributed by atoms with Gasteiger partial charge in [-0.3, -0.25) is 10.4 Å². The highest BCUT2D eigenvalue weighted by Crippen LogP contribution is 2.45. The van der Waals surface area contributed by atoms with Gasteiger partial charge in [-0.25, -0.2) is 9.78 Å². The monoisotopic (exact) mass is 495 g/mol. The maximum atomic E-state index is 11.5. The number of nitrogens with one attached hydrogen (secondary N) is 2. The zero-order valence-corrected chi connectivity index (χ0v) is 20.0. The lowest BCUT2D eigenvalue weighted by Crippen LogP contribution is -2.13. The number of carboxylic acids is 1. The molecule has 37 heavy (non-hydrogen) atoms. The van der Waals surface area contributed by atoms with Gasteiger partial charge in [0, 0.05) is 53.6 Å². The normalized spacial score (nSPS) is 15.1. The van der Waals surface area contributed by atoms with Crippen LogP contribution in [0.5, 0.6) is 0 Å². The van der Waals surface area contributed by atoms with E-state index >= 15 is 0 Å². The molecule has 0 aliphatic heterocycles. The second kappa shape index (κ2) is 9.96. The number of amidine groups is 1. The van der Waals surface area contributed by atoms with Gasteiger partial charge in [0.15, 0.2) is 0 Å². The van der Waals surface area contributed by atoms with Gasteiger partial charge in [-0.05, 0) is 59.6 Å². The van der Waals surface area contributed by atoms with Gasteiger partial charge in [0.1, 0.15) is 11.7 Å². The number of nitrogens with zero attached hydrogens (tertiary/aromatic N) is 4. The van der Waals surface area contributed by atoms with E-state index in [1.165, 1.54) is 6.20 Å². The maximum absolute atomic E-state index is 11.5. The molecule has 5 N–H and O–H groups in total. The summed E-state index contributed by atoms with van der Waals surface area (Å²) >= 11 is 0. The van der Waals surface area contributed by atoms with E-state index in [0.717, 1.165) is 40.1 Å². The summed E-state index contributed by atoms with van der Waals surface area (Å²) in [5.74, 6) is 2.79. The number of aromatic nitrogens is 3. The van der Waals surface area contributed by atoms with E-state index in [9.17, 15) is 9.90 Å². The van der Waals surface area contributed by atoms with E-state index < -0.39 is 12.1 Å². The second-order valence-electron chi connectivity index (χ2n) is 8.77. The molecule has 0 bridgehead atoms. The van der Waals surface area contributed by atoms with Crippen LogP contribution in [0.2, 0.25) is 0 Å². The van der Waals surface area contributed by atoms with Crippen LogP contribution in [0, 0.1) is 5.41 Å². The minimum Gasteiger partial charge on any atom is -0.478 e. The number of carbonyl (C=O) groups is 1. The molecule has 0 amide bonds. The van der Waals surface area contributed by atoms with Crippen LogP contribution in [-0.2, 0) is 23.2 Å². The molecule has 5 rings (SSSR count). The van der Waals surface area contributed by atoms with Crippen LogP contribution in [0.15, 0.2) is 77.7 Å². The first-order valence-electron chi connectivity index (χ1n) is 11.6. The number of nitrogen functional groups attached to an aromatic ring is 1. The van der Waals surface area contributed by atoms with Crippen LogP contribution in [0.3, 0.4) is 0 Å². The van der Waals surface area contributed by atoms with E-state index in [1.807, 2.05) is 31.3 Å². The lowest BCUT2D eigenvalue weighted by molar-refractivity contribution is -0.150. The van der Waals surface area contributed by atoms with Crippen LogP contribution >= 0.6 is 0 Å². The first kappa shape index (κ1) is 23.8. The molecule has 2 unspecified atom stereocenters. The molecule has 1 aliphatic carbocycles. The van der Waals surface area contributed by atoms with Crippen LogP contribution in [0.4, 0.5) is 5.69 Å². The van der Waals surface area contributed by atoms with Gasteiger partial charge in [0.05, 0.1) is 17.6 Å². The van der Waals surface area contributed by atoms with Crippen LogP contribution in [-0.4, -0.2) is 37.3 Å². The van der Waals surface area contributed by atoms with Gasteiger partial charge in [-0.1, -0.05) is 12.1 Å². The van der Waals surface area contributed by atoms with E-state index in [1.54, 1.807) is 18.3 Å². The van der Waals surface area contributed by atoms with E-state index in [0.29, 0.717) is 17.7 Å². The Morgan fingerprint density at radius 3 is 2.84 bits per heavy atom. The van der Waals surface area contributed by atoms with Gasteiger partial charge >= 0.3 is 5.97 Å². The second-order valence-corrected chi connectivity index (χ2v) is 8.77. The Bertz CT molecular complexity index is 1540. The smallest absolute Gasteiger partial charge is 0.352 e. The largest absolute Gasteiger partial charge is 0.478 e. The van der Waals surface area contributed by atoms with Crippen molar-refractivity contribution in [3.8, 4) is 0 Å². The number of anilines is 1. The van der Waals surface area contributed by atoms with E-state index in [4.69, 9.17) is 21.0 Å². The summed E-state index contributed by atoms with van der Waals surface area (Å²) in [6, 6.07) is 16.9. The van der Waals surface area contributed by atoms with Crippen LogP contribution in [0.1, 0.15) is 41.0 Å². The minimum atomic E-state index is -1.23. The van der Waals surface area contributed by atoms with Crippen molar-refractivity contribution in [2.24, 2.45) is 17.9 Å². The number of hydrogen-bond acceptors (Lipinski definition) is 7. The molecule has 186 valence electrons. The van der Waals surface area contributed by atoms with Gasteiger partial charge < -0.3 is 25.6 Å². The van der Waals surface area contributed by atoms with E-state index in [-0.39, 0.29) is 11.8 Å². The van der Waals surface area contributed by atoms with Crippen molar-refractivity contribution in [3.63, 3.8) is 0 Å². The standard InChI is InChI=1S/C27H25N7O3/c1-34-23-9-6-17(12-22(23)33-24(34)15-31-20-7-4-16(5-8-20)26(28)29)21-11-19(21)14-32-37-25(27(35)36)18-3-2-10-30-13-18/h2-10,12-13,21,25,31H,11,15H2,1H3,(H3,28,29)(H,35,36). The Morgan fingerprint density at radius 1 is 1.32 bits per heavy atom. The van der Waals surface area contributed by atoms with Crippen LogP contribution in [0.25, 0.3) is 11.0 Å². The fraction of sp³-hybridized carbons (Fsp3) is 0.185. The molecule has 10 heteroatoms. The van der Waals surface area contributed by atoms with Crippen molar-refractivity contribution in [3.05, 3.63) is 95.1 Å². The molecule has 2 atom stereocenters. The molecule has 4 aromatic rings. The topological polar surface area (TPSA) is 152 Å². The number of fused-ring (bicyclic) bond motifs is 1. The molecule has 2 aromatic heterocycles. The first-order chi connectivity index (χ1) is 17.9. The van der Waals surface area contributed by atoms with Crippen molar-refractivity contribution in [2.45, 2.75) is 25.0 Å². The SMILES string of the molecule is Cn1c(CNc2ccc(C(=N)N)cc2)nc2cc(C3CC3=C=NOC(C(=O)O)c3cccnc3)ccc21. The number of benzene rings is 2. The summed E-state index contributed by atoms with van der Waals surface area (Å²) in [5.41, 5.74) is 11.5. The predicted octanol–water partition coefficient (Wildman–Crippen LogP) is 3.71. The molecule has 10 nitrogen and oxygen atoms in total.